The molecular weight excluding hydrogens is 204 g/mol. The van der Waals surface area contributed by atoms with Crippen LogP contribution in [0.3, 0.4) is 0 Å². The number of hydrogen-bond acceptors (Lipinski definition) is 3. The minimum atomic E-state index is 0.336. The molecule has 2 nitrogen and oxygen atoms in total. The van der Waals surface area contributed by atoms with E-state index < -0.39 is 0 Å². The Kier molecular flexibility index (Phi) is 3.03. The van der Waals surface area contributed by atoms with Gasteiger partial charge in [0.1, 0.15) is 5.01 Å². The molecule has 2 aromatic rings. The highest BCUT2D eigenvalue weighted by Gasteiger charge is 2.11. The highest BCUT2D eigenvalue weighted by atomic mass is 32.1. The molecule has 0 saturated heterocycles. The van der Waals surface area contributed by atoms with Gasteiger partial charge in [-0.15, -0.1) is 11.3 Å². The van der Waals surface area contributed by atoms with Crippen molar-refractivity contribution < 1.29 is 0 Å². The monoisotopic (exact) mass is 220 g/mol. The first kappa shape index (κ1) is 10.6. The van der Waals surface area contributed by atoms with E-state index >= 15 is 0 Å². The van der Waals surface area contributed by atoms with Crippen LogP contribution in [0.2, 0.25) is 0 Å². The first-order valence-electron chi connectivity index (χ1n) is 5.28. The third-order valence-electron chi connectivity index (χ3n) is 2.26. The van der Waals surface area contributed by atoms with Crippen LogP contribution in [0.1, 0.15) is 31.8 Å². The number of para-hydroxylation sites is 1. The second kappa shape index (κ2) is 4.29. The Morgan fingerprint density at radius 3 is 2.60 bits per heavy atom. The predicted octanol–water partition coefficient (Wildman–Crippen LogP) is 3.36. The lowest BCUT2D eigenvalue weighted by Crippen LogP contribution is -2.25. The summed E-state index contributed by atoms with van der Waals surface area (Å²) in [5.41, 5.74) is 1.11. The molecule has 0 saturated carbocycles. The van der Waals surface area contributed by atoms with E-state index in [0.29, 0.717) is 12.1 Å². The molecule has 0 bridgehead atoms. The summed E-state index contributed by atoms with van der Waals surface area (Å²) in [5, 5.41) is 4.64. The zero-order valence-corrected chi connectivity index (χ0v) is 10.1. The highest BCUT2D eigenvalue weighted by molar-refractivity contribution is 7.18. The fourth-order valence-corrected chi connectivity index (χ4v) is 2.63. The predicted molar refractivity (Wildman–Crippen MR) is 66.3 cm³/mol. The normalized spacial score (nSPS) is 13.6. The molecule has 0 spiro atoms. The molecular formula is C12H16N2S. The lowest BCUT2D eigenvalue weighted by molar-refractivity contribution is 0.505. The summed E-state index contributed by atoms with van der Waals surface area (Å²) in [7, 11) is 0. The Balaban J connectivity index is 2.28. The van der Waals surface area contributed by atoms with Crippen LogP contribution in [-0.2, 0) is 0 Å². The zero-order valence-electron chi connectivity index (χ0n) is 9.32. The maximum Gasteiger partial charge on any atom is 0.111 e. The molecule has 15 heavy (non-hydrogen) atoms. The Morgan fingerprint density at radius 2 is 1.93 bits per heavy atom. The van der Waals surface area contributed by atoms with Crippen molar-refractivity contribution in [2.45, 2.75) is 32.9 Å². The summed E-state index contributed by atoms with van der Waals surface area (Å²) >= 11 is 1.77. The van der Waals surface area contributed by atoms with E-state index in [1.54, 1.807) is 11.3 Å². The quantitative estimate of drug-likeness (QED) is 0.858. The van der Waals surface area contributed by atoms with E-state index in [1.165, 1.54) is 9.71 Å². The molecule has 0 amide bonds. The average molecular weight is 220 g/mol. The van der Waals surface area contributed by atoms with Gasteiger partial charge in [-0.2, -0.15) is 0 Å². The fraction of sp³-hybridized carbons (Fsp3) is 0.417. The number of nitrogens with one attached hydrogen (secondary N) is 1. The van der Waals surface area contributed by atoms with E-state index in [0.717, 1.165) is 5.52 Å². The summed E-state index contributed by atoms with van der Waals surface area (Å²) in [4.78, 5) is 4.62. The first-order chi connectivity index (χ1) is 7.16. The van der Waals surface area contributed by atoms with Crippen molar-refractivity contribution in [3.05, 3.63) is 29.3 Å². The topological polar surface area (TPSA) is 24.9 Å². The van der Waals surface area contributed by atoms with Crippen LogP contribution >= 0.6 is 11.3 Å². The third kappa shape index (κ3) is 2.36. The summed E-state index contributed by atoms with van der Waals surface area (Å²) in [6, 6.07) is 9.11. The van der Waals surface area contributed by atoms with Gasteiger partial charge in [-0.05, 0) is 19.1 Å². The number of benzene rings is 1. The van der Waals surface area contributed by atoms with Crippen LogP contribution in [0.25, 0.3) is 10.2 Å². The standard InChI is InChI=1S/C12H16N2S/c1-8(2)13-9(3)12-14-10-6-4-5-7-11(10)15-12/h4-9,13H,1-3H3. The van der Waals surface area contributed by atoms with Gasteiger partial charge in [0.05, 0.1) is 16.3 Å². The van der Waals surface area contributed by atoms with Gasteiger partial charge >= 0.3 is 0 Å². The minimum Gasteiger partial charge on any atom is -0.306 e. The van der Waals surface area contributed by atoms with E-state index in [1.807, 2.05) is 6.07 Å². The summed E-state index contributed by atoms with van der Waals surface area (Å²) in [6.45, 7) is 6.48. The van der Waals surface area contributed by atoms with Crippen LogP contribution in [0.15, 0.2) is 24.3 Å². The van der Waals surface area contributed by atoms with Gasteiger partial charge < -0.3 is 5.32 Å². The lowest BCUT2D eigenvalue weighted by atomic mass is 10.3. The van der Waals surface area contributed by atoms with Gasteiger partial charge in [0.15, 0.2) is 0 Å². The maximum atomic E-state index is 4.62. The third-order valence-corrected chi connectivity index (χ3v) is 3.48. The van der Waals surface area contributed by atoms with Crippen molar-refractivity contribution in [3.63, 3.8) is 0 Å². The van der Waals surface area contributed by atoms with E-state index in [-0.39, 0.29) is 0 Å². The molecule has 3 heteroatoms. The van der Waals surface area contributed by atoms with Crippen LogP contribution in [0, 0.1) is 0 Å². The number of thiazole rings is 1. The van der Waals surface area contributed by atoms with Gasteiger partial charge in [-0.3, -0.25) is 0 Å². The molecule has 0 aliphatic rings. The number of rotatable bonds is 3. The van der Waals surface area contributed by atoms with Crippen molar-refractivity contribution >= 4 is 21.6 Å². The Morgan fingerprint density at radius 1 is 1.20 bits per heavy atom. The van der Waals surface area contributed by atoms with E-state index in [2.05, 4.69) is 49.3 Å². The van der Waals surface area contributed by atoms with E-state index in [4.69, 9.17) is 0 Å². The summed E-state index contributed by atoms with van der Waals surface area (Å²) in [6.07, 6.45) is 0. The van der Waals surface area contributed by atoms with Crippen LogP contribution in [0.5, 0.6) is 0 Å². The van der Waals surface area contributed by atoms with Crippen molar-refractivity contribution in [1.29, 1.82) is 0 Å². The second-order valence-corrected chi connectivity index (χ2v) is 5.13. The summed E-state index contributed by atoms with van der Waals surface area (Å²) < 4.78 is 1.27. The van der Waals surface area contributed by atoms with Crippen molar-refractivity contribution in [2.24, 2.45) is 0 Å². The molecule has 0 radical (unpaired) electrons. The van der Waals surface area contributed by atoms with Gasteiger partial charge in [0.2, 0.25) is 0 Å². The fourth-order valence-electron chi connectivity index (χ4n) is 1.65. The second-order valence-electron chi connectivity index (χ2n) is 4.06. The van der Waals surface area contributed by atoms with Crippen molar-refractivity contribution in [3.8, 4) is 0 Å². The van der Waals surface area contributed by atoms with E-state index in [9.17, 15) is 0 Å². The molecule has 0 aliphatic carbocycles. The molecule has 1 heterocycles. The maximum absolute atomic E-state index is 4.62. The lowest BCUT2D eigenvalue weighted by Gasteiger charge is -2.13. The minimum absolute atomic E-state index is 0.336. The van der Waals surface area contributed by atoms with Gasteiger partial charge in [-0.25, -0.2) is 4.98 Å². The molecule has 1 N–H and O–H groups in total. The Hall–Kier alpha value is -0.930. The zero-order chi connectivity index (χ0) is 10.8. The SMILES string of the molecule is CC(C)NC(C)c1nc2ccccc2s1. The Labute approximate surface area is 94.3 Å². The number of aromatic nitrogens is 1. The Bertz CT molecular complexity index is 415. The molecule has 2 rings (SSSR count). The largest absolute Gasteiger partial charge is 0.306 e. The summed E-state index contributed by atoms with van der Waals surface area (Å²) in [5.74, 6) is 0. The average Bonchev–Trinajstić information content (AvgIpc) is 2.59. The molecule has 1 unspecified atom stereocenters. The number of hydrogen-bond donors (Lipinski definition) is 1. The first-order valence-corrected chi connectivity index (χ1v) is 6.10. The van der Waals surface area contributed by atoms with Gasteiger partial charge in [0, 0.05) is 6.04 Å². The molecule has 1 aromatic heterocycles. The molecule has 1 atom stereocenters. The van der Waals surface area contributed by atoms with Gasteiger partial charge in [0.25, 0.3) is 0 Å². The molecule has 0 aliphatic heterocycles. The van der Waals surface area contributed by atoms with Gasteiger partial charge in [-0.1, -0.05) is 26.0 Å². The molecule has 0 fully saturated rings. The van der Waals surface area contributed by atoms with Crippen LogP contribution in [-0.4, -0.2) is 11.0 Å². The van der Waals surface area contributed by atoms with Crippen LogP contribution in [0.4, 0.5) is 0 Å². The van der Waals surface area contributed by atoms with Crippen LogP contribution < -0.4 is 5.32 Å². The number of fused-ring (bicyclic) bond motifs is 1. The molecule has 1 aromatic carbocycles. The smallest absolute Gasteiger partial charge is 0.111 e. The molecule has 80 valence electrons. The van der Waals surface area contributed by atoms with Crippen molar-refractivity contribution in [2.75, 3.05) is 0 Å². The highest BCUT2D eigenvalue weighted by Crippen LogP contribution is 2.26. The number of nitrogens with zero attached hydrogens (tertiary/aromatic N) is 1. The van der Waals surface area contributed by atoms with Crippen molar-refractivity contribution in [1.82, 2.24) is 10.3 Å².